The van der Waals surface area contributed by atoms with Crippen LogP contribution in [0.4, 0.5) is 28.6 Å². The van der Waals surface area contributed by atoms with Crippen LogP contribution in [0.2, 0.25) is 10.0 Å². The Balaban J connectivity index is 2.06. The number of rotatable bonds is 2. The zero-order valence-corrected chi connectivity index (χ0v) is 12.6. The van der Waals surface area contributed by atoms with Gasteiger partial charge in [0.05, 0.1) is 32.8 Å². The number of aromatic nitrogens is 1. The molecule has 0 bridgehead atoms. The van der Waals surface area contributed by atoms with Gasteiger partial charge >= 0.3 is 0 Å². The normalized spacial score (nSPS) is 11.7. The third-order valence-corrected chi connectivity index (χ3v) is 3.84. The number of pyridine rings is 1. The number of hydrogen-bond donors (Lipinski definition) is 2. The van der Waals surface area contributed by atoms with Crippen molar-refractivity contribution in [2.24, 2.45) is 8.73 Å². The van der Waals surface area contributed by atoms with Gasteiger partial charge in [0.1, 0.15) is 23.3 Å². The quantitative estimate of drug-likeness (QED) is 0.727. The number of halogens is 2. The number of anilines is 3. The summed E-state index contributed by atoms with van der Waals surface area (Å²) in [5.74, 6) is 0.430. The molecule has 1 aromatic carbocycles. The first kappa shape index (κ1) is 13.8. The molecular formula is C12H6Cl2N6S. The monoisotopic (exact) mass is 336 g/mol. The zero-order chi connectivity index (χ0) is 15.0. The maximum Gasteiger partial charge on any atom is 0.165 e. The number of nitriles is 1. The average molecular weight is 337 g/mol. The Morgan fingerprint density at radius 1 is 1.19 bits per heavy atom. The highest BCUT2D eigenvalue weighted by atomic mass is 35.5. The molecule has 1 aromatic heterocycles. The lowest BCUT2D eigenvalue weighted by Gasteiger charge is -2.11. The summed E-state index contributed by atoms with van der Waals surface area (Å²) in [5, 5.41) is 12.8. The highest BCUT2D eigenvalue weighted by Crippen LogP contribution is 2.48. The van der Waals surface area contributed by atoms with E-state index in [0.29, 0.717) is 38.6 Å². The van der Waals surface area contributed by atoms with Crippen LogP contribution in [0, 0.1) is 11.3 Å². The maximum absolute atomic E-state index is 8.95. The Labute approximate surface area is 133 Å². The smallest absolute Gasteiger partial charge is 0.165 e. The SMILES string of the molecule is N#Cc1nc(Nc2c(Cl)cc(Cl)c3c2N=S=N3)ccc1N. The molecule has 1 aliphatic rings. The van der Waals surface area contributed by atoms with Crippen LogP contribution in [0.5, 0.6) is 0 Å². The molecule has 21 heavy (non-hydrogen) atoms. The fourth-order valence-electron chi connectivity index (χ4n) is 1.75. The Morgan fingerprint density at radius 2 is 1.95 bits per heavy atom. The predicted octanol–water partition coefficient (Wildman–Crippen LogP) is 4.31. The van der Waals surface area contributed by atoms with E-state index in [2.05, 4.69) is 19.0 Å². The summed E-state index contributed by atoms with van der Waals surface area (Å²) in [4.78, 5) is 4.11. The van der Waals surface area contributed by atoms with Crippen LogP contribution in [0.1, 0.15) is 5.69 Å². The van der Waals surface area contributed by atoms with Crippen molar-refractivity contribution in [2.45, 2.75) is 0 Å². The predicted molar refractivity (Wildman–Crippen MR) is 84.7 cm³/mol. The van der Waals surface area contributed by atoms with Gasteiger partial charge in [-0.3, -0.25) is 0 Å². The van der Waals surface area contributed by atoms with Crippen LogP contribution in [0.25, 0.3) is 0 Å². The third-order valence-electron chi connectivity index (χ3n) is 2.73. The van der Waals surface area contributed by atoms with Gasteiger partial charge in [0.25, 0.3) is 0 Å². The summed E-state index contributed by atoms with van der Waals surface area (Å²) in [7, 11) is 0. The molecule has 9 heteroatoms. The van der Waals surface area contributed by atoms with E-state index < -0.39 is 0 Å². The van der Waals surface area contributed by atoms with Gasteiger partial charge in [-0.15, -0.1) is 0 Å². The minimum Gasteiger partial charge on any atom is -0.396 e. The van der Waals surface area contributed by atoms with Crippen molar-refractivity contribution in [3.63, 3.8) is 0 Å². The molecule has 2 aromatic rings. The highest BCUT2D eigenvalue weighted by Gasteiger charge is 2.19. The lowest BCUT2D eigenvalue weighted by Crippen LogP contribution is -1.99. The Bertz CT molecular complexity index is 867. The first-order valence-electron chi connectivity index (χ1n) is 5.64. The van der Waals surface area contributed by atoms with Gasteiger partial charge in [0, 0.05) is 0 Å². The number of hydrogen-bond acceptors (Lipinski definition) is 6. The van der Waals surface area contributed by atoms with Crippen molar-refractivity contribution in [1.29, 1.82) is 5.26 Å². The van der Waals surface area contributed by atoms with Crippen molar-refractivity contribution in [3.05, 3.63) is 33.9 Å². The van der Waals surface area contributed by atoms with Gasteiger partial charge in [-0.2, -0.15) is 14.0 Å². The average Bonchev–Trinajstić information content (AvgIpc) is 2.95. The Hall–Kier alpha value is -2.14. The third kappa shape index (κ3) is 2.45. The second-order valence-electron chi connectivity index (χ2n) is 4.05. The molecule has 3 rings (SSSR count). The summed E-state index contributed by atoms with van der Waals surface area (Å²) in [5.41, 5.74) is 7.73. The molecule has 0 fully saturated rings. The fourth-order valence-corrected chi connectivity index (χ4v) is 2.91. The fraction of sp³-hybridized carbons (Fsp3) is 0. The molecule has 6 nitrogen and oxygen atoms in total. The number of benzene rings is 1. The molecular weight excluding hydrogens is 331 g/mol. The molecule has 0 saturated carbocycles. The molecule has 104 valence electrons. The van der Waals surface area contributed by atoms with E-state index in [1.807, 2.05) is 6.07 Å². The molecule has 0 spiro atoms. The molecule has 0 aliphatic carbocycles. The second-order valence-corrected chi connectivity index (χ2v) is 5.39. The Morgan fingerprint density at radius 3 is 2.71 bits per heavy atom. The summed E-state index contributed by atoms with van der Waals surface area (Å²) in [6.45, 7) is 0. The molecule has 3 N–H and O–H groups in total. The maximum atomic E-state index is 8.95. The van der Waals surface area contributed by atoms with Crippen LogP contribution in [0.3, 0.4) is 0 Å². The molecule has 0 amide bonds. The van der Waals surface area contributed by atoms with Crippen molar-refractivity contribution in [1.82, 2.24) is 4.98 Å². The topological polar surface area (TPSA) is 99.5 Å². The van der Waals surface area contributed by atoms with E-state index in [-0.39, 0.29) is 5.69 Å². The van der Waals surface area contributed by atoms with Gasteiger partial charge in [0.15, 0.2) is 5.69 Å². The summed E-state index contributed by atoms with van der Waals surface area (Å²) in [6, 6.07) is 6.74. The van der Waals surface area contributed by atoms with E-state index >= 15 is 0 Å². The van der Waals surface area contributed by atoms with Crippen molar-refractivity contribution in [3.8, 4) is 6.07 Å². The molecule has 0 saturated heterocycles. The van der Waals surface area contributed by atoms with Crippen LogP contribution < -0.4 is 11.1 Å². The van der Waals surface area contributed by atoms with E-state index in [1.54, 1.807) is 18.2 Å². The van der Waals surface area contributed by atoms with E-state index in [4.69, 9.17) is 34.2 Å². The molecule has 0 unspecified atom stereocenters. The van der Waals surface area contributed by atoms with E-state index in [0.717, 1.165) is 11.4 Å². The minimum absolute atomic E-state index is 0.137. The van der Waals surface area contributed by atoms with Crippen molar-refractivity contribution in [2.75, 3.05) is 11.1 Å². The van der Waals surface area contributed by atoms with Crippen LogP contribution in [0.15, 0.2) is 26.9 Å². The molecule has 1 aliphatic heterocycles. The number of nitrogens with zero attached hydrogens (tertiary/aromatic N) is 4. The molecule has 0 atom stereocenters. The zero-order valence-electron chi connectivity index (χ0n) is 10.3. The second kappa shape index (κ2) is 5.33. The largest absolute Gasteiger partial charge is 0.396 e. The number of fused-ring (bicyclic) bond motifs is 1. The lowest BCUT2D eigenvalue weighted by atomic mass is 10.2. The van der Waals surface area contributed by atoms with Gasteiger partial charge in [-0.25, -0.2) is 4.98 Å². The van der Waals surface area contributed by atoms with Crippen molar-refractivity contribution >= 4 is 63.1 Å². The number of nitrogen functional groups attached to an aromatic ring is 1. The first-order chi connectivity index (χ1) is 10.1. The lowest BCUT2D eigenvalue weighted by molar-refractivity contribution is 1.26. The van der Waals surface area contributed by atoms with Crippen LogP contribution in [-0.4, -0.2) is 4.98 Å². The van der Waals surface area contributed by atoms with Gasteiger partial charge in [0.2, 0.25) is 0 Å². The first-order valence-corrected chi connectivity index (χ1v) is 7.12. The van der Waals surface area contributed by atoms with Gasteiger partial charge in [-0.1, -0.05) is 23.2 Å². The van der Waals surface area contributed by atoms with Gasteiger partial charge < -0.3 is 11.1 Å². The van der Waals surface area contributed by atoms with Crippen LogP contribution >= 0.6 is 23.2 Å². The number of nitrogens with one attached hydrogen (secondary N) is 1. The van der Waals surface area contributed by atoms with E-state index in [1.165, 1.54) is 0 Å². The standard InChI is InChI=1S/C12H6Cl2N6S/c13-5-3-6(14)11-12(20-21-19-11)10(5)18-9-2-1-7(16)8(4-15)17-9/h1-3H,16H2,(H,17,18). The van der Waals surface area contributed by atoms with Gasteiger partial charge in [-0.05, 0) is 18.2 Å². The summed E-state index contributed by atoms with van der Waals surface area (Å²) < 4.78 is 8.30. The minimum atomic E-state index is 0.137. The van der Waals surface area contributed by atoms with E-state index in [9.17, 15) is 0 Å². The summed E-state index contributed by atoms with van der Waals surface area (Å²) in [6.07, 6.45) is 0. The molecule has 2 heterocycles. The van der Waals surface area contributed by atoms with Crippen molar-refractivity contribution < 1.29 is 0 Å². The van der Waals surface area contributed by atoms with Crippen LogP contribution in [-0.2, 0) is 11.4 Å². The summed E-state index contributed by atoms with van der Waals surface area (Å²) >= 11 is 13.3. The Kier molecular flexibility index (Phi) is 3.51. The molecule has 0 radical (unpaired) electrons. The highest BCUT2D eigenvalue weighted by molar-refractivity contribution is 7.58. The number of nitrogens with two attached hydrogens (primary N) is 1.